The van der Waals surface area contributed by atoms with Crippen molar-refractivity contribution in [2.75, 3.05) is 39.8 Å². The Hall–Kier alpha value is -1.55. The van der Waals surface area contributed by atoms with Crippen LogP contribution in [0.25, 0.3) is 0 Å². The summed E-state index contributed by atoms with van der Waals surface area (Å²) >= 11 is 0. The van der Waals surface area contributed by atoms with Crippen LogP contribution in [0.4, 0.5) is 0 Å². The fraction of sp³-hybridized carbons (Fsp3) is 0.682. The molecule has 1 heterocycles. The quantitative estimate of drug-likeness (QED) is 0.552. The summed E-state index contributed by atoms with van der Waals surface area (Å²) in [6.45, 7) is 9.79. The van der Waals surface area contributed by atoms with Gasteiger partial charge in [0.05, 0.1) is 7.11 Å². The van der Waals surface area contributed by atoms with Gasteiger partial charge in [-0.25, -0.2) is 0 Å². The topological polar surface area (TPSA) is 32.8 Å². The Morgan fingerprint density at radius 1 is 1.15 bits per heavy atom. The van der Waals surface area contributed by atoms with Crippen molar-refractivity contribution < 1.29 is 9.53 Å². The molecule has 1 aliphatic heterocycles. The van der Waals surface area contributed by atoms with Crippen molar-refractivity contribution in [3.63, 3.8) is 0 Å². The summed E-state index contributed by atoms with van der Waals surface area (Å²) in [4.78, 5) is 16.4. The van der Waals surface area contributed by atoms with E-state index in [9.17, 15) is 4.79 Å². The summed E-state index contributed by atoms with van der Waals surface area (Å²) in [7, 11) is 1.71. The first-order valence-electron chi connectivity index (χ1n) is 10.3. The number of likely N-dealkylation sites (N-methyl/N-ethyl adjacent to an activating group) is 1. The fourth-order valence-corrected chi connectivity index (χ4v) is 3.72. The average Bonchev–Trinajstić information content (AvgIpc) is 2.68. The number of methoxy groups -OCH3 is 1. The first-order valence-corrected chi connectivity index (χ1v) is 10.3. The van der Waals surface area contributed by atoms with Gasteiger partial charge in [0.1, 0.15) is 5.75 Å². The van der Waals surface area contributed by atoms with Crippen LogP contribution in [0.3, 0.4) is 0 Å². The Morgan fingerprint density at radius 2 is 1.92 bits per heavy atom. The maximum atomic E-state index is 11.8. The zero-order chi connectivity index (χ0) is 18.8. The lowest BCUT2D eigenvalue weighted by atomic mass is 10.0. The molecule has 4 heteroatoms. The first kappa shape index (κ1) is 20.8. The van der Waals surface area contributed by atoms with Crippen molar-refractivity contribution in [3.05, 3.63) is 29.8 Å². The molecule has 0 N–H and O–H groups in total. The number of rotatable bonds is 11. The minimum absolute atomic E-state index is 0.361. The minimum Gasteiger partial charge on any atom is -0.497 e. The second-order valence-corrected chi connectivity index (χ2v) is 7.47. The molecule has 26 heavy (non-hydrogen) atoms. The lowest BCUT2D eigenvalue weighted by Crippen LogP contribution is -2.36. The molecule has 1 unspecified atom stereocenters. The molecule has 0 aromatic heterocycles. The normalized spacial score (nSPS) is 16.2. The second-order valence-electron chi connectivity index (χ2n) is 7.47. The maximum absolute atomic E-state index is 11.8. The van der Waals surface area contributed by atoms with Crippen molar-refractivity contribution in [2.24, 2.45) is 0 Å². The molecule has 1 aromatic rings. The Kier molecular flexibility index (Phi) is 8.96. The van der Waals surface area contributed by atoms with Gasteiger partial charge in [0.2, 0.25) is 5.91 Å². The van der Waals surface area contributed by atoms with E-state index in [1.165, 1.54) is 24.8 Å². The number of nitrogens with zero attached hydrogens (tertiary/aromatic N) is 2. The first-order chi connectivity index (χ1) is 12.6. The molecule has 1 amide bonds. The van der Waals surface area contributed by atoms with Gasteiger partial charge in [-0.1, -0.05) is 32.4 Å². The highest BCUT2D eigenvalue weighted by Crippen LogP contribution is 2.20. The van der Waals surface area contributed by atoms with E-state index in [0.717, 1.165) is 57.7 Å². The third-order valence-electron chi connectivity index (χ3n) is 5.49. The van der Waals surface area contributed by atoms with Crippen molar-refractivity contribution in [1.29, 1.82) is 0 Å². The summed E-state index contributed by atoms with van der Waals surface area (Å²) in [5.74, 6) is 1.80. The largest absolute Gasteiger partial charge is 0.497 e. The third kappa shape index (κ3) is 6.64. The number of carbonyl (C=O) groups excluding carboxylic acids is 1. The van der Waals surface area contributed by atoms with Crippen LogP contribution >= 0.6 is 0 Å². The van der Waals surface area contributed by atoms with Gasteiger partial charge in [-0.05, 0) is 62.4 Å². The Labute approximate surface area is 159 Å². The van der Waals surface area contributed by atoms with E-state index >= 15 is 0 Å². The summed E-state index contributed by atoms with van der Waals surface area (Å²) in [6.07, 6.45) is 6.57. The number of ether oxygens (including phenoxy) is 1. The zero-order valence-electron chi connectivity index (χ0n) is 16.9. The fourth-order valence-electron chi connectivity index (χ4n) is 3.72. The lowest BCUT2D eigenvalue weighted by Gasteiger charge is -2.27. The molecule has 1 aromatic carbocycles. The van der Waals surface area contributed by atoms with E-state index in [2.05, 4.69) is 35.8 Å². The highest BCUT2D eigenvalue weighted by molar-refractivity contribution is 5.76. The lowest BCUT2D eigenvalue weighted by molar-refractivity contribution is -0.133. The molecular weight excluding hydrogens is 324 g/mol. The highest BCUT2D eigenvalue weighted by Gasteiger charge is 2.17. The molecule has 2 rings (SSSR count). The van der Waals surface area contributed by atoms with E-state index in [1.54, 1.807) is 7.11 Å². The molecule has 1 saturated heterocycles. The molecule has 0 saturated carbocycles. The predicted octanol–water partition coefficient (Wildman–Crippen LogP) is 4.30. The Morgan fingerprint density at radius 3 is 2.58 bits per heavy atom. The smallest absolute Gasteiger partial charge is 0.222 e. The van der Waals surface area contributed by atoms with E-state index in [0.29, 0.717) is 11.8 Å². The van der Waals surface area contributed by atoms with Gasteiger partial charge < -0.3 is 14.5 Å². The SMILES string of the molecule is CCN(CCCCCN1CCCCC1=O)CC(C)c1ccc(OC)cc1. The summed E-state index contributed by atoms with van der Waals surface area (Å²) in [5.41, 5.74) is 1.37. The molecule has 146 valence electrons. The van der Waals surface area contributed by atoms with Crippen LogP contribution in [0, 0.1) is 0 Å². The van der Waals surface area contributed by atoms with Gasteiger partial charge in [-0.15, -0.1) is 0 Å². The minimum atomic E-state index is 0.361. The van der Waals surface area contributed by atoms with E-state index in [1.807, 2.05) is 12.1 Å². The number of carbonyl (C=O) groups is 1. The molecule has 0 aliphatic carbocycles. The maximum Gasteiger partial charge on any atom is 0.222 e. The number of hydrogen-bond donors (Lipinski definition) is 0. The van der Waals surface area contributed by atoms with E-state index < -0.39 is 0 Å². The van der Waals surface area contributed by atoms with E-state index in [4.69, 9.17) is 4.74 Å². The van der Waals surface area contributed by atoms with Gasteiger partial charge in [0.15, 0.2) is 0 Å². The van der Waals surface area contributed by atoms with E-state index in [-0.39, 0.29) is 0 Å². The summed E-state index contributed by atoms with van der Waals surface area (Å²) in [5, 5.41) is 0. The van der Waals surface area contributed by atoms with Crippen LogP contribution in [0.5, 0.6) is 5.75 Å². The molecule has 1 aliphatic rings. The van der Waals surface area contributed by atoms with Crippen LogP contribution in [-0.2, 0) is 4.79 Å². The monoisotopic (exact) mass is 360 g/mol. The predicted molar refractivity (Wildman–Crippen MR) is 108 cm³/mol. The molecule has 0 spiro atoms. The van der Waals surface area contributed by atoms with Gasteiger partial charge in [-0.2, -0.15) is 0 Å². The van der Waals surface area contributed by atoms with Crippen molar-refractivity contribution >= 4 is 5.91 Å². The number of unbranched alkanes of at least 4 members (excludes halogenated alkanes) is 2. The Balaban J connectivity index is 1.65. The molecule has 1 fully saturated rings. The highest BCUT2D eigenvalue weighted by atomic mass is 16.5. The standard InChI is InChI=1S/C22H36N2O2/c1-4-23(18-19(2)20-11-13-21(26-3)14-12-20)15-7-5-8-16-24-17-9-6-10-22(24)25/h11-14,19H,4-10,15-18H2,1-3H3. The number of likely N-dealkylation sites (tertiary alicyclic amines) is 1. The van der Waals surface area contributed by atoms with Gasteiger partial charge in [-0.3, -0.25) is 4.79 Å². The Bertz CT molecular complexity index is 529. The third-order valence-corrected chi connectivity index (χ3v) is 5.49. The summed E-state index contributed by atoms with van der Waals surface area (Å²) in [6, 6.07) is 8.44. The molecule has 4 nitrogen and oxygen atoms in total. The average molecular weight is 361 g/mol. The van der Waals surface area contributed by atoms with Crippen LogP contribution < -0.4 is 4.74 Å². The molecule has 0 radical (unpaired) electrons. The number of hydrogen-bond acceptors (Lipinski definition) is 3. The van der Waals surface area contributed by atoms with Crippen LogP contribution in [-0.4, -0.2) is 55.5 Å². The number of piperidine rings is 1. The van der Waals surface area contributed by atoms with Gasteiger partial charge in [0, 0.05) is 26.1 Å². The number of benzene rings is 1. The van der Waals surface area contributed by atoms with Crippen molar-refractivity contribution in [2.45, 2.75) is 58.3 Å². The molecule has 1 atom stereocenters. The zero-order valence-corrected chi connectivity index (χ0v) is 16.9. The van der Waals surface area contributed by atoms with Crippen LogP contribution in [0.1, 0.15) is 63.9 Å². The number of amides is 1. The summed E-state index contributed by atoms with van der Waals surface area (Å²) < 4.78 is 5.24. The van der Waals surface area contributed by atoms with Gasteiger partial charge in [0.25, 0.3) is 0 Å². The van der Waals surface area contributed by atoms with Crippen LogP contribution in [0.15, 0.2) is 24.3 Å². The second kappa shape index (κ2) is 11.2. The molecular formula is C22H36N2O2. The van der Waals surface area contributed by atoms with Crippen LogP contribution in [0.2, 0.25) is 0 Å². The van der Waals surface area contributed by atoms with Crippen molar-refractivity contribution in [1.82, 2.24) is 9.80 Å². The van der Waals surface area contributed by atoms with Crippen molar-refractivity contribution in [3.8, 4) is 5.75 Å². The van der Waals surface area contributed by atoms with Gasteiger partial charge >= 0.3 is 0 Å². The molecule has 0 bridgehead atoms.